The number of hydrogen-bond donors (Lipinski definition) is 1. The summed E-state index contributed by atoms with van der Waals surface area (Å²) in [5.74, 6) is 3.05. The molecule has 0 radical (unpaired) electrons. The molecule has 2 heterocycles. The number of nitrogens with one attached hydrogen (secondary N) is 1. The van der Waals surface area contributed by atoms with Crippen LogP contribution in [0.1, 0.15) is 74.6 Å². The summed E-state index contributed by atoms with van der Waals surface area (Å²) in [4.78, 5) is 5.02. The third-order valence-electron chi connectivity index (χ3n) is 5.29. The van der Waals surface area contributed by atoms with Crippen LogP contribution in [0.5, 0.6) is 0 Å². The summed E-state index contributed by atoms with van der Waals surface area (Å²) in [5, 5.41) is 3.48. The van der Waals surface area contributed by atoms with Crippen molar-refractivity contribution in [2.75, 3.05) is 6.54 Å². The van der Waals surface area contributed by atoms with Gasteiger partial charge in [0.1, 0.15) is 5.82 Å². The molecule has 3 aliphatic rings. The van der Waals surface area contributed by atoms with Gasteiger partial charge in [-0.25, -0.2) is 4.98 Å². The maximum absolute atomic E-state index is 5.02. The van der Waals surface area contributed by atoms with Gasteiger partial charge in [0.15, 0.2) is 0 Å². The lowest BCUT2D eigenvalue weighted by atomic mass is 9.85. The highest BCUT2D eigenvalue weighted by Crippen LogP contribution is 2.44. The molecule has 0 saturated heterocycles. The summed E-state index contributed by atoms with van der Waals surface area (Å²) >= 11 is 0. The van der Waals surface area contributed by atoms with Crippen LogP contribution in [0.4, 0.5) is 0 Å². The Morgan fingerprint density at radius 2 is 2.00 bits per heavy atom. The number of imidazole rings is 1. The lowest BCUT2D eigenvalue weighted by Gasteiger charge is -2.33. The zero-order chi connectivity index (χ0) is 12.8. The van der Waals surface area contributed by atoms with E-state index in [1.165, 1.54) is 56.5 Å². The van der Waals surface area contributed by atoms with Gasteiger partial charge in [-0.15, -0.1) is 0 Å². The van der Waals surface area contributed by atoms with Crippen molar-refractivity contribution in [2.24, 2.45) is 5.92 Å². The van der Waals surface area contributed by atoms with Crippen molar-refractivity contribution in [1.29, 1.82) is 0 Å². The molecule has 1 N–H and O–H groups in total. The first kappa shape index (κ1) is 12.0. The predicted molar refractivity (Wildman–Crippen MR) is 76.3 cm³/mol. The van der Waals surface area contributed by atoms with Gasteiger partial charge in [0.25, 0.3) is 0 Å². The molecular formula is C16H25N3. The van der Waals surface area contributed by atoms with Gasteiger partial charge in [-0.05, 0) is 31.6 Å². The molecule has 2 saturated carbocycles. The van der Waals surface area contributed by atoms with Gasteiger partial charge in [-0.3, -0.25) is 0 Å². The molecule has 1 aliphatic heterocycles. The first-order valence-electron chi connectivity index (χ1n) is 8.15. The molecule has 1 aromatic heterocycles. The number of nitrogens with zero attached hydrogens (tertiary/aromatic N) is 2. The summed E-state index contributed by atoms with van der Waals surface area (Å²) in [6.07, 6.45) is 9.52. The molecule has 3 nitrogen and oxygen atoms in total. The monoisotopic (exact) mass is 259 g/mol. The Balaban J connectivity index is 1.77. The van der Waals surface area contributed by atoms with Gasteiger partial charge < -0.3 is 9.88 Å². The average molecular weight is 259 g/mol. The van der Waals surface area contributed by atoms with Gasteiger partial charge >= 0.3 is 0 Å². The quantitative estimate of drug-likeness (QED) is 0.884. The lowest BCUT2D eigenvalue weighted by Crippen LogP contribution is -2.29. The smallest absolute Gasteiger partial charge is 0.112 e. The summed E-state index contributed by atoms with van der Waals surface area (Å²) in [6.45, 7) is 4.57. The van der Waals surface area contributed by atoms with Gasteiger partial charge in [-0.1, -0.05) is 19.8 Å². The molecule has 19 heavy (non-hydrogen) atoms. The van der Waals surface area contributed by atoms with Crippen LogP contribution in [0.25, 0.3) is 0 Å². The molecule has 0 spiro atoms. The third-order valence-corrected chi connectivity index (χ3v) is 5.29. The van der Waals surface area contributed by atoms with E-state index in [4.69, 9.17) is 4.98 Å². The van der Waals surface area contributed by atoms with Crippen molar-refractivity contribution in [3.8, 4) is 0 Å². The lowest BCUT2D eigenvalue weighted by molar-refractivity contribution is 0.247. The molecule has 0 bridgehead atoms. The zero-order valence-electron chi connectivity index (χ0n) is 12.0. The first-order chi connectivity index (χ1) is 9.34. The fourth-order valence-electron chi connectivity index (χ4n) is 4.03. The highest BCUT2D eigenvalue weighted by Gasteiger charge is 2.36. The molecule has 2 aliphatic carbocycles. The summed E-state index contributed by atoms with van der Waals surface area (Å²) in [7, 11) is 0. The fraction of sp³-hybridized carbons (Fsp3) is 0.812. The van der Waals surface area contributed by atoms with Crippen LogP contribution in [0, 0.1) is 5.92 Å². The minimum atomic E-state index is 0.735. The van der Waals surface area contributed by atoms with E-state index in [1.807, 2.05) is 0 Å². The Labute approximate surface area is 115 Å². The van der Waals surface area contributed by atoms with Crippen LogP contribution in [0.3, 0.4) is 0 Å². The third kappa shape index (κ3) is 2.03. The zero-order valence-corrected chi connectivity index (χ0v) is 12.0. The molecule has 0 amide bonds. The van der Waals surface area contributed by atoms with E-state index in [0.717, 1.165) is 31.0 Å². The highest BCUT2D eigenvalue weighted by molar-refractivity contribution is 5.25. The van der Waals surface area contributed by atoms with Crippen LogP contribution in [-0.2, 0) is 13.0 Å². The number of fused-ring (bicyclic) bond motifs is 1. The molecular weight excluding hydrogens is 234 g/mol. The standard InChI is InChI=1S/C16H25N3/c1-11-4-2-3-5-14(11)19-15-8-9-17-10-13(15)18-16(19)12-6-7-12/h11-12,14,17H,2-10H2,1H3. The van der Waals surface area contributed by atoms with Crippen LogP contribution in [-0.4, -0.2) is 16.1 Å². The second-order valence-electron chi connectivity index (χ2n) is 6.76. The van der Waals surface area contributed by atoms with Gasteiger partial charge in [0.05, 0.1) is 5.69 Å². The van der Waals surface area contributed by atoms with E-state index in [2.05, 4.69) is 16.8 Å². The number of aromatic nitrogens is 2. The van der Waals surface area contributed by atoms with Crippen molar-refractivity contribution in [1.82, 2.24) is 14.9 Å². The Morgan fingerprint density at radius 3 is 2.79 bits per heavy atom. The van der Waals surface area contributed by atoms with E-state index >= 15 is 0 Å². The molecule has 104 valence electrons. The molecule has 4 rings (SSSR count). The van der Waals surface area contributed by atoms with Crippen molar-refractivity contribution in [2.45, 2.75) is 70.4 Å². The molecule has 2 unspecified atom stereocenters. The van der Waals surface area contributed by atoms with Crippen LogP contribution in [0.15, 0.2) is 0 Å². The fourth-order valence-corrected chi connectivity index (χ4v) is 4.03. The summed E-state index contributed by atoms with van der Waals surface area (Å²) in [5.41, 5.74) is 2.92. The SMILES string of the molecule is CC1CCCCC1n1c(C2CC2)nc2c1CCNC2. The second-order valence-corrected chi connectivity index (χ2v) is 6.76. The topological polar surface area (TPSA) is 29.9 Å². The highest BCUT2D eigenvalue weighted by atomic mass is 15.2. The molecule has 3 heteroatoms. The maximum atomic E-state index is 5.02. The van der Waals surface area contributed by atoms with Crippen LogP contribution >= 0.6 is 0 Å². The largest absolute Gasteiger partial charge is 0.328 e. The minimum Gasteiger partial charge on any atom is -0.328 e. The molecule has 0 aromatic carbocycles. The number of hydrogen-bond acceptors (Lipinski definition) is 2. The van der Waals surface area contributed by atoms with Crippen molar-refractivity contribution < 1.29 is 0 Å². The van der Waals surface area contributed by atoms with Crippen LogP contribution in [0.2, 0.25) is 0 Å². The first-order valence-corrected chi connectivity index (χ1v) is 8.15. The van der Waals surface area contributed by atoms with Gasteiger partial charge in [0.2, 0.25) is 0 Å². The second kappa shape index (κ2) is 4.62. The van der Waals surface area contributed by atoms with E-state index < -0.39 is 0 Å². The van der Waals surface area contributed by atoms with E-state index in [9.17, 15) is 0 Å². The molecule has 1 aromatic rings. The average Bonchev–Trinajstić information content (AvgIpc) is 3.21. The Kier molecular flexibility index (Phi) is 2.91. The Bertz CT molecular complexity index is 473. The van der Waals surface area contributed by atoms with E-state index in [1.54, 1.807) is 5.69 Å². The van der Waals surface area contributed by atoms with Gasteiger partial charge in [-0.2, -0.15) is 0 Å². The van der Waals surface area contributed by atoms with Crippen molar-refractivity contribution in [3.63, 3.8) is 0 Å². The molecule has 2 atom stereocenters. The summed E-state index contributed by atoms with van der Waals surface area (Å²) < 4.78 is 2.71. The normalized spacial score (nSPS) is 31.2. The van der Waals surface area contributed by atoms with Crippen molar-refractivity contribution >= 4 is 0 Å². The van der Waals surface area contributed by atoms with Gasteiger partial charge in [0, 0.05) is 37.2 Å². The van der Waals surface area contributed by atoms with E-state index in [0.29, 0.717) is 0 Å². The van der Waals surface area contributed by atoms with Crippen molar-refractivity contribution in [3.05, 3.63) is 17.2 Å². The predicted octanol–water partition coefficient (Wildman–Crippen LogP) is 3.16. The maximum Gasteiger partial charge on any atom is 0.112 e. The number of rotatable bonds is 2. The summed E-state index contributed by atoms with van der Waals surface area (Å²) in [6, 6.07) is 0.735. The minimum absolute atomic E-state index is 0.735. The van der Waals surface area contributed by atoms with E-state index in [-0.39, 0.29) is 0 Å². The molecule has 2 fully saturated rings. The van der Waals surface area contributed by atoms with Crippen LogP contribution < -0.4 is 5.32 Å². The Morgan fingerprint density at radius 1 is 1.16 bits per heavy atom. The Hall–Kier alpha value is -0.830.